The Morgan fingerprint density at radius 3 is 0.545 bits per heavy atom. The van der Waals surface area contributed by atoms with Crippen LogP contribution in [-0.2, 0) is 0 Å². The molecule has 8 rings (SSSR count). The van der Waals surface area contributed by atoms with E-state index in [0.717, 1.165) is 11.0 Å². The highest BCUT2D eigenvalue weighted by molar-refractivity contribution is 6.96. The number of halogens is 30. The Hall–Kier alpha value is -7.96. The first kappa shape index (κ1) is 58.3. The quantitative estimate of drug-likeness (QED) is 0.0765. The average Bonchev–Trinajstić information content (AvgIpc) is 3.90. The van der Waals surface area contributed by atoms with E-state index in [1.807, 2.05) is 24.3 Å². The van der Waals surface area contributed by atoms with E-state index in [2.05, 4.69) is 9.97 Å². The minimum Gasteiger partial charge on any atom is -0.345 e. The van der Waals surface area contributed by atoms with Gasteiger partial charge in [0, 0.05) is 32.8 Å². The van der Waals surface area contributed by atoms with Crippen LogP contribution in [0.2, 0.25) is 0 Å². The Morgan fingerprint density at radius 1 is 0.221 bits per heavy atom. The zero-order valence-corrected chi connectivity index (χ0v) is 35.3. The van der Waals surface area contributed by atoms with Crippen LogP contribution < -0.4 is 32.8 Å². The van der Waals surface area contributed by atoms with Crippen LogP contribution in [0.5, 0.6) is 0 Å². The third-order valence-electron chi connectivity index (χ3n) is 10.5. The maximum atomic E-state index is 14.4. The molecule has 404 valence electrons. The summed E-state index contributed by atoms with van der Waals surface area (Å²) in [7, 11) is 0. The van der Waals surface area contributed by atoms with Crippen LogP contribution in [0.15, 0.2) is 30.6 Å². The fraction of sp³-hybridized carbons (Fsp3) is 0. The van der Waals surface area contributed by atoms with Crippen molar-refractivity contribution in [3.05, 3.63) is 205 Å². The monoisotopic (exact) mass is 1140 g/mol. The predicted octanol–water partition coefficient (Wildman–Crippen LogP) is 10.1. The number of benzene rings is 7. The maximum Gasteiger partial charge on any atom is 0.265 e. The van der Waals surface area contributed by atoms with Crippen LogP contribution in [0.3, 0.4) is 0 Å². The molecule has 0 unspecified atom stereocenters. The molecule has 0 saturated heterocycles. The average molecular weight is 1140 g/mol. The van der Waals surface area contributed by atoms with Crippen molar-refractivity contribution in [3.63, 3.8) is 0 Å². The topological polar surface area (TPSA) is 28.7 Å². The normalized spacial score (nSPS) is 11.2. The first-order valence-corrected chi connectivity index (χ1v) is 19.2. The van der Waals surface area contributed by atoms with Crippen molar-refractivity contribution in [2.45, 2.75) is 0 Å². The Balaban J connectivity index is 0.000000213. The zero-order chi connectivity index (χ0) is 58.0. The van der Waals surface area contributed by atoms with Gasteiger partial charge in [-0.2, -0.15) is 0 Å². The number of rotatable bonds is 6. The minimum absolute atomic E-state index is 1.03. The molecule has 1 heterocycles. The SMILES string of the molecule is Fc1c(F)c(F)c(B(c2c(F)c(F)c(F)c(F)c2F)c2c(F)c(F)c(F)c(F)c2F)c(F)c1F.Fc1c(F)c(F)c(B(c2c(F)c(F)c(F)c(F)c2F)c2c(F)c(F)c(F)c(F)c2F)c(F)c1F.c1ccc2[nH]cnc2c1. The number of fused-ring (bicyclic) bond motifs is 1. The summed E-state index contributed by atoms with van der Waals surface area (Å²) >= 11 is 0. The number of hydrogen-bond donors (Lipinski definition) is 1. The van der Waals surface area contributed by atoms with Crippen LogP contribution in [0.25, 0.3) is 11.0 Å². The van der Waals surface area contributed by atoms with Crippen molar-refractivity contribution in [2.75, 3.05) is 0 Å². The van der Waals surface area contributed by atoms with E-state index in [4.69, 9.17) is 0 Å². The predicted molar refractivity (Wildman–Crippen MR) is 203 cm³/mol. The summed E-state index contributed by atoms with van der Waals surface area (Å²) in [5.41, 5.74) is -13.9. The molecule has 0 amide bonds. The van der Waals surface area contributed by atoms with Gasteiger partial charge in [-0.05, 0) is 12.1 Å². The molecule has 0 spiro atoms. The minimum atomic E-state index is -3.96. The van der Waals surface area contributed by atoms with Gasteiger partial charge in [-0.1, -0.05) is 12.1 Å². The number of aromatic nitrogens is 2. The van der Waals surface area contributed by atoms with Gasteiger partial charge < -0.3 is 4.98 Å². The van der Waals surface area contributed by atoms with Gasteiger partial charge in [-0.3, -0.25) is 0 Å². The van der Waals surface area contributed by atoms with E-state index in [1.165, 1.54) is 0 Å². The van der Waals surface area contributed by atoms with Crippen molar-refractivity contribution in [3.8, 4) is 0 Å². The fourth-order valence-corrected chi connectivity index (χ4v) is 7.00. The molecular weight excluding hydrogens is 1140 g/mol. The molecule has 0 saturated carbocycles. The van der Waals surface area contributed by atoms with Gasteiger partial charge in [0.2, 0.25) is 0 Å². The Bertz CT molecular complexity index is 3010. The van der Waals surface area contributed by atoms with E-state index in [9.17, 15) is 132 Å². The number of nitrogens with one attached hydrogen (secondary N) is 1. The Kier molecular flexibility index (Phi) is 16.3. The van der Waals surface area contributed by atoms with Gasteiger partial charge in [0.05, 0.1) is 17.4 Å². The summed E-state index contributed by atoms with van der Waals surface area (Å²) in [6.07, 6.45) is 1.70. The number of nitrogens with zero attached hydrogens (tertiary/aromatic N) is 1. The molecule has 1 aromatic heterocycles. The highest BCUT2D eigenvalue weighted by Gasteiger charge is 2.47. The molecule has 77 heavy (non-hydrogen) atoms. The third kappa shape index (κ3) is 9.47. The van der Waals surface area contributed by atoms with Crippen LogP contribution in [0.4, 0.5) is 132 Å². The van der Waals surface area contributed by atoms with E-state index in [1.54, 1.807) is 6.33 Å². The summed E-state index contributed by atoms with van der Waals surface area (Å²) in [6.45, 7) is -7.92. The zero-order valence-electron chi connectivity index (χ0n) is 35.3. The van der Waals surface area contributed by atoms with Gasteiger partial charge in [-0.25, -0.2) is 137 Å². The molecule has 0 atom stereocenters. The third-order valence-corrected chi connectivity index (χ3v) is 10.5. The molecule has 0 bridgehead atoms. The fourth-order valence-electron chi connectivity index (χ4n) is 7.00. The van der Waals surface area contributed by atoms with E-state index < -0.39 is 221 Å². The van der Waals surface area contributed by atoms with Gasteiger partial charge in [0.25, 0.3) is 13.4 Å². The van der Waals surface area contributed by atoms with Gasteiger partial charge in [-0.15, -0.1) is 0 Å². The van der Waals surface area contributed by atoms with Crippen molar-refractivity contribution in [1.82, 2.24) is 9.97 Å². The molecule has 7 aromatic carbocycles. The van der Waals surface area contributed by atoms with E-state index >= 15 is 0 Å². The molecule has 0 aliphatic carbocycles. The van der Waals surface area contributed by atoms with Gasteiger partial charge in [0.1, 0.15) is 0 Å². The summed E-state index contributed by atoms with van der Waals surface area (Å²) < 4.78 is 417. The first-order valence-electron chi connectivity index (χ1n) is 19.2. The van der Waals surface area contributed by atoms with Gasteiger partial charge >= 0.3 is 0 Å². The molecule has 0 radical (unpaired) electrons. The lowest BCUT2D eigenvalue weighted by atomic mass is 9.36. The van der Waals surface area contributed by atoms with Crippen molar-refractivity contribution in [2.24, 2.45) is 0 Å². The molecule has 0 fully saturated rings. The lowest BCUT2D eigenvalue weighted by molar-refractivity contribution is 0.380. The highest BCUT2D eigenvalue weighted by atomic mass is 19.2. The number of H-pyrrole nitrogens is 1. The second-order valence-corrected chi connectivity index (χ2v) is 14.7. The Labute approximate surface area is 404 Å². The molecule has 1 N–H and O–H groups in total. The first-order chi connectivity index (χ1) is 35.8. The summed E-state index contributed by atoms with van der Waals surface area (Å²) in [4.78, 5) is 7.07. The lowest BCUT2D eigenvalue weighted by Gasteiger charge is -2.21. The van der Waals surface area contributed by atoms with Crippen LogP contribution in [-0.4, -0.2) is 23.4 Å². The highest BCUT2D eigenvalue weighted by Crippen LogP contribution is 2.27. The smallest absolute Gasteiger partial charge is 0.265 e. The molecule has 8 aromatic rings. The second kappa shape index (κ2) is 21.6. The second-order valence-electron chi connectivity index (χ2n) is 14.7. The Morgan fingerprint density at radius 2 is 0.377 bits per heavy atom. The summed E-state index contributed by atoms with van der Waals surface area (Å²) in [5.74, 6) is -90.4. The lowest BCUT2D eigenvalue weighted by Crippen LogP contribution is -2.60. The number of aromatic amines is 1. The van der Waals surface area contributed by atoms with Gasteiger partial charge in [0.15, 0.2) is 175 Å². The number of para-hydroxylation sites is 2. The van der Waals surface area contributed by atoms with Crippen molar-refractivity contribution < 1.29 is 132 Å². The standard InChI is InChI=1S/2C18BF15.C7H6N2/c2*20-4-1(5(21)11(27)16(32)10(4)26)19(2-6(22)12(28)17(33)13(29)7(2)23)3-8(24)14(30)18(34)15(31)9(3)25;1-2-4-7-6(3-1)8-5-9-7/h;;1-5H,(H,8,9). The summed E-state index contributed by atoms with van der Waals surface area (Å²) in [5, 5.41) is 0. The number of hydrogen-bond acceptors (Lipinski definition) is 1. The van der Waals surface area contributed by atoms with E-state index in [0.29, 0.717) is 0 Å². The van der Waals surface area contributed by atoms with E-state index in [-0.39, 0.29) is 0 Å². The van der Waals surface area contributed by atoms with Crippen molar-refractivity contribution in [1.29, 1.82) is 0 Å². The maximum absolute atomic E-state index is 14.4. The largest absolute Gasteiger partial charge is 0.345 e. The summed E-state index contributed by atoms with van der Waals surface area (Å²) in [6, 6.07) is 7.94. The molecule has 2 nitrogen and oxygen atoms in total. The van der Waals surface area contributed by atoms with Crippen LogP contribution in [0, 0.1) is 175 Å². The molecule has 0 aliphatic rings. The molecular formula is C43H6B2F30N2. The van der Waals surface area contributed by atoms with Crippen LogP contribution in [0.1, 0.15) is 0 Å². The number of imidazole rings is 1. The molecule has 0 aliphatic heterocycles. The van der Waals surface area contributed by atoms with Crippen LogP contribution >= 0.6 is 0 Å². The van der Waals surface area contributed by atoms with Crippen molar-refractivity contribution >= 4 is 57.2 Å². The molecule has 34 heteroatoms.